The fourth-order valence-electron chi connectivity index (χ4n) is 2.27. The van der Waals surface area contributed by atoms with Crippen molar-refractivity contribution in [2.24, 2.45) is 0 Å². The van der Waals surface area contributed by atoms with Gasteiger partial charge in [0, 0.05) is 18.8 Å². The number of methoxy groups -OCH3 is 1. The van der Waals surface area contributed by atoms with Crippen molar-refractivity contribution >= 4 is 5.69 Å². The molecule has 0 atom stereocenters. The minimum absolute atomic E-state index is 0.484. The zero-order valence-corrected chi connectivity index (χ0v) is 10.5. The van der Waals surface area contributed by atoms with Gasteiger partial charge in [0.15, 0.2) is 0 Å². The normalized spacial score (nSPS) is 23.4. The third-order valence-corrected chi connectivity index (χ3v) is 3.54. The Balaban J connectivity index is 1.59. The van der Waals surface area contributed by atoms with Crippen LogP contribution in [0, 0.1) is 0 Å². The van der Waals surface area contributed by atoms with E-state index in [9.17, 15) is 0 Å². The van der Waals surface area contributed by atoms with Crippen molar-refractivity contribution in [1.82, 2.24) is 5.32 Å². The summed E-state index contributed by atoms with van der Waals surface area (Å²) >= 11 is 0. The Bertz CT molecular complexity index is 348. The number of para-hydroxylation sites is 1. The summed E-state index contributed by atoms with van der Waals surface area (Å²) in [6.07, 6.45) is 4.99. The van der Waals surface area contributed by atoms with Gasteiger partial charge in [0.2, 0.25) is 0 Å². The molecular weight excluding hydrogens is 212 g/mol. The smallest absolute Gasteiger partial charge is 0.0601 e. The molecular formula is C14H22N2O. The molecule has 0 radical (unpaired) electrons. The highest BCUT2D eigenvalue weighted by Gasteiger charge is 2.27. The highest BCUT2D eigenvalue weighted by Crippen LogP contribution is 2.22. The number of anilines is 1. The van der Waals surface area contributed by atoms with E-state index in [0.717, 1.165) is 37.9 Å². The molecule has 3 heteroatoms. The number of benzene rings is 1. The number of ether oxygens (including phenoxy) is 1. The largest absolute Gasteiger partial charge is 0.399 e. The molecule has 0 aromatic heterocycles. The van der Waals surface area contributed by atoms with E-state index in [-0.39, 0.29) is 0 Å². The molecule has 0 unspecified atom stereocenters. The Morgan fingerprint density at radius 1 is 1.35 bits per heavy atom. The Morgan fingerprint density at radius 2 is 2.12 bits per heavy atom. The molecule has 0 amide bonds. The Kier molecular flexibility index (Phi) is 4.40. The van der Waals surface area contributed by atoms with Gasteiger partial charge in [-0.1, -0.05) is 18.2 Å². The Hall–Kier alpha value is -1.06. The van der Waals surface area contributed by atoms with Gasteiger partial charge in [-0.05, 0) is 43.9 Å². The lowest BCUT2D eigenvalue weighted by molar-refractivity contribution is 0.0175. The molecule has 0 saturated heterocycles. The van der Waals surface area contributed by atoms with Crippen LogP contribution in [0.3, 0.4) is 0 Å². The zero-order chi connectivity index (χ0) is 12.1. The van der Waals surface area contributed by atoms with Crippen molar-refractivity contribution in [3.8, 4) is 0 Å². The summed E-state index contributed by atoms with van der Waals surface area (Å²) in [5, 5.41) is 3.55. The van der Waals surface area contributed by atoms with Gasteiger partial charge < -0.3 is 15.8 Å². The maximum atomic E-state index is 5.90. The summed E-state index contributed by atoms with van der Waals surface area (Å²) < 4.78 is 5.25. The molecule has 94 valence electrons. The second kappa shape index (κ2) is 6.03. The molecule has 1 fully saturated rings. The van der Waals surface area contributed by atoms with Crippen molar-refractivity contribution in [2.75, 3.05) is 19.4 Å². The lowest BCUT2D eigenvalue weighted by atomic mass is 9.89. The first-order valence-electron chi connectivity index (χ1n) is 6.39. The number of aryl methyl sites for hydroxylation is 1. The maximum Gasteiger partial charge on any atom is 0.0601 e. The second-order valence-electron chi connectivity index (χ2n) is 4.78. The molecule has 3 N–H and O–H groups in total. The Labute approximate surface area is 103 Å². The summed E-state index contributed by atoms with van der Waals surface area (Å²) in [5.74, 6) is 0. The molecule has 2 rings (SSSR count). The van der Waals surface area contributed by atoms with Crippen LogP contribution in [-0.2, 0) is 11.2 Å². The van der Waals surface area contributed by atoms with Crippen molar-refractivity contribution in [2.45, 2.75) is 37.8 Å². The van der Waals surface area contributed by atoms with Crippen LogP contribution >= 0.6 is 0 Å². The van der Waals surface area contributed by atoms with Crippen molar-refractivity contribution in [3.05, 3.63) is 29.8 Å². The van der Waals surface area contributed by atoms with E-state index in [0.29, 0.717) is 12.1 Å². The van der Waals surface area contributed by atoms with Gasteiger partial charge in [-0.25, -0.2) is 0 Å². The number of nitrogen functional groups attached to an aromatic ring is 1. The van der Waals surface area contributed by atoms with Gasteiger partial charge >= 0.3 is 0 Å². The summed E-state index contributed by atoms with van der Waals surface area (Å²) in [6, 6.07) is 8.77. The number of hydrogen-bond acceptors (Lipinski definition) is 3. The van der Waals surface area contributed by atoms with Crippen LogP contribution in [0.15, 0.2) is 24.3 Å². The molecule has 0 bridgehead atoms. The summed E-state index contributed by atoms with van der Waals surface area (Å²) in [7, 11) is 1.79. The minimum Gasteiger partial charge on any atom is -0.399 e. The van der Waals surface area contributed by atoms with E-state index in [1.54, 1.807) is 7.11 Å². The van der Waals surface area contributed by atoms with Crippen molar-refractivity contribution in [3.63, 3.8) is 0 Å². The predicted molar refractivity (Wildman–Crippen MR) is 71.0 cm³/mol. The first kappa shape index (κ1) is 12.4. The molecule has 1 saturated carbocycles. The number of nitrogens with two attached hydrogens (primary N) is 1. The molecule has 3 nitrogen and oxygen atoms in total. The lowest BCUT2D eigenvalue weighted by Crippen LogP contribution is -2.45. The van der Waals surface area contributed by atoms with E-state index in [4.69, 9.17) is 10.5 Å². The van der Waals surface area contributed by atoms with Gasteiger partial charge in [0.05, 0.1) is 6.10 Å². The standard InChI is InChI=1S/C14H22N2O/c1-17-13-9-12(10-13)16-8-4-6-11-5-2-3-7-14(11)15/h2-3,5,7,12-13,16H,4,6,8-10,15H2,1H3. The van der Waals surface area contributed by atoms with Gasteiger partial charge in [0.25, 0.3) is 0 Å². The van der Waals surface area contributed by atoms with Crippen LogP contribution < -0.4 is 11.1 Å². The zero-order valence-electron chi connectivity index (χ0n) is 10.5. The fourth-order valence-corrected chi connectivity index (χ4v) is 2.27. The van der Waals surface area contributed by atoms with E-state index in [2.05, 4.69) is 11.4 Å². The summed E-state index contributed by atoms with van der Waals surface area (Å²) in [4.78, 5) is 0. The summed E-state index contributed by atoms with van der Waals surface area (Å²) in [6.45, 7) is 1.06. The van der Waals surface area contributed by atoms with Gasteiger partial charge in [-0.2, -0.15) is 0 Å². The highest BCUT2D eigenvalue weighted by atomic mass is 16.5. The molecule has 1 aromatic rings. The first-order chi connectivity index (χ1) is 8.29. The first-order valence-corrected chi connectivity index (χ1v) is 6.39. The summed E-state index contributed by atoms with van der Waals surface area (Å²) in [5.41, 5.74) is 8.07. The molecule has 0 spiro atoms. The molecule has 1 aromatic carbocycles. The molecule has 0 aliphatic heterocycles. The predicted octanol–water partition coefficient (Wildman–Crippen LogP) is 1.97. The van der Waals surface area contributed by atoms with Gasteiger partial charge in [-0.3, -0.25) is 0 Å². The quantitative estimate of drug-likeness (QED) is 0.584. The van der Waals surface area contributed by atoms with Crippen LogP contribution in [0.25, 0.3) is 0 Å². The third-order valence-electron chi connectivity index (χ3n) is 3.54. The average Bonchev–Trinajstić information content (AvgIpc) is 2.28. The topological polar surface area (TPSA) is 47.3 Å². The highest BCUT2D eigenvalue weighted by molar-refractivity contribution is 5.46. The number of rotatable bonds is 6. The van der Waals surface area contributed by atoms with Crippen molar-refractivity contribution in [1.29, 1.82) is 0 Å². The molecule has 0 heterocycles. The van der Waals surface area contributed by atoms with Crippen LogP contribution in [0.4, 0.5) is 5.69 Å². The maximum absolute atomic E-state index is 5.90. The lowest BCUT2D eigenvalue weighted by Gasteiger charge is -2.34. The fraction of sp³-hybridized carbons (Fsp3) is 0.571. The van der Waals surface area contributed by atoms with Gasteiger partial charge in [0.1, 0.15) is 0 Å². The second-order valence-corrected chi connectivity index (χ2v) is 4.78. The van der Waals surface area contributed by atoms with E-state index in [1.807, 2.05) is 18.2 Å². The van der Waals surface area contributed by atoms with Crippen LogP contribution in [-0.4, -0.2) is 25.8 Å². The number of hydrogen-bond donors (Lipinski definition) is 2. The number of nitrogens with one attached hydrogen (secondary N) is 1. The third kappa shape index (κ3) is 3.45. The molecule has 17 heavy (non-hydrogen) atoms. The van der Waals surface area contributed by atoms with Crippen LogP contribution in [0.1, 0.15) is 24.8 Å². The molecule has 1 aliphatic rings. The van der Waals surface area contributed by atoms with E-state index in [1.165, 1.54) is 5.56 Å². The SMILES string of the molecule is COC1CC(NCCCc2ccccc2N)C1. The monoisotopic (exact) mass is 234 g/mol. The Morgan fingerprint density at radius 3 is 2.82 bits per heavy atom. The van der Waals surface area contributed by atoms with E-state index < -0.39 is 0 Å². The van der Waals surface area contributed by atoms with Gasteiger partial charge in [-0.15, -0.1) is 0 Å². The van der Waals surface area contributed by atoms with Crippen LogP contribution in [0.5, 0.6) is 0 Å². The van der Waals surface area contributed by atoms with Crippen LogP contribution in [0.2, 0.25) is 0 Å². The molecule has 1 aliphatic carbocycles. The average molecular weight is 234 g/mol. The van der Waals surface area contributed by atoms with E-state index >= 15 is 0 Å². The minimum atomic E-state index is 0.484. The van der Waals surface area contributed by atoms with Crippen molar-refractivity contribution < 1.29 is 4.74 Å².